The molecule has 0 saturated carbocycles. The zero-order valence-corrected chi connectivity index (χ0v) is 27.6. The molecule has 0 fully saturated rings. The number of halogens is 2. The third-order valence-electron chi connectivity index (χ3n) is 6.70. The maximum absolute atomic E-state index is 15.8. The first-order valence-electron chi connectivity index (χ1n) is 13.5. The average Bonchev–Trinajstić information content (AvgIpc) is 3.59. The maximum Gasteiger partial charge on any atom is 0.406 e. The van der Waals surface area contributed by atoms with E-state index >= 15 is 4.39 Å². The summed E-state index contributed by atoms with van der Waals surface area (Å²) in [6, 6.07) is 13.8. The third kappa shape index (κ3) is 7.71. The van der Waals surface area contributed by atoms with Gasteiger partial charge in [-0.1, -0.05) is 11.6 Å². The van der Waals surface area contributed by atoms with Crippen molar-refractivity contribution in [1.29, 1.82) is 5.26 Å². The van der Waals surface area contributed by atoms with E-state index < -0.39 is 26.8 Å². The van der Waals surface area contributed by atoms with Crippen LogP contribution < -0.4 is 29.3 Å². The van der Waals surface area contributed by atoms with Gasteiger partial charge in [0.1, 0.15) is 28.8 Å². The highest BCUT2D eigenvalue weighted by Gasteiger charge is 2.32. The van der Waals surface area contributed by atoms with Gasteiger partial charge in [-0.05, 0) is 36.4 Å². The van der Waals surface area contributed by atoms with Crippen LogP contribution >= 0.6 is 22.9 Å². The summed E-state index contributed by atoms with van der Waals surface area (Å²) < 4.78 is 60.6. The quantitative estimate of drug-likeness (QED) is 0.178. The first-order valence-corrected chi connectivity index (χ1v) is 16.2. The summed E-state index contributed by atoms with van der Waals surface area (Å²) in [6.45, 7) is 0.0960. The van der Waals surface area contributed by atoms with Crippen LogP contribution in [0.4, 0.5) is 31.4 Å². The summed E-state index contributed by atoms with van der Waals surface area (Å²) in [6.07, 6.45) is 0.854. The van der Waals surface area contributed by atoms with Gasteiger partial charge in [-0.3, -0.25) is 0 Å². The number of nitrogens with one attached hydrogen (secondary N) is 2. The number of thiazole rings is 1. The van der Waals surface area contributed by atoms with E-state index in [2.05, 4.69) is 21.7 Å². The lowest BCUT2D eigenvalue weighted by Gasteiger charge is -2.25. The summed E-state index contributed by atoms with van der Waals surface area (Å²) in [5, 5.41) is 16.5. The van der Waals surface area contributed by atoms with Crippen molar-refractivity contribution in [2.24, 2.45) is 0 Å². The molecule has 0 spiro atoms. The van der Waals surface area contributed by atoms with E-state index in [4.69, 9.17) is 25.8 Å². The van der Waals surface area contributed by atoms with Gasteiger partial charge in [0.15, 0.2) is 5.13 Å². The maximum atomic E-state index is 15.8. The summed E-state index contributed by atoms with van der Waals surface area (Å²) in [7, 11) is 1.57. The van der Waals surface area contributed by atoms with Crippen LogP contribution in [0.15, 0.2) is 65.0 Å². The van der Waals surface area contributed by atoms with Gasteiger partial charge in [-0.25, -0.2) is 26.9 Å². The van der Waals surface area contributed by atoms with E-state index in [1.165, 1.54) is 27.5 Å². The second kappa shape index (κ2) is 15.0. The van der Waals surface area contributed by atoms with Crippen molar-refractivity contribution in [2.75, 3.05) is 56.0 Å². The van der Waals surface area contributed by atoms with E-state index in [1.807, 2.05) is 0 Å². The van der Waals surface area contributed by atoms with Crippen LogP contribution in [0.5, 0.6) is 11.5 Å². The molecule has 0 radical (unpaired) electrons. The van der Waals surface area contributed by atoms with E-state index in [0.29, 0.717) is 34.0 Å². The van der Waals surface area contributed by atoms with Crippen molar-refractivity contribution in [3.05, 3.63) is 82.1 Å². The Labute approximate surface area is 274 Å². The number of amides is 1. The average molecular weight is 689 g/mol. The second-order valence-electron chi connectivity index (χ2n) is 9.54. The molecule has 2 N–H and O–H groups in total. The lowest BCUT2D eigenvalue weighted by Crippen LogP contribution is -2.31. The van der Waals surface area contributed by atoms with Crippen molar-refractivity contribution < 1.29 is 31.8 Å². The number of nitrogens with zero attached hydrogens (tertiary/aromatic N) is 4. The van der Waals surface area contributed by atoms with Crippen molar-refractivity contribution in [2.45, 2.75) is 11.4 Å². The molecule has 0 saturated heterocycles. The molecule has 0 atom stereocenters. The number of methoxy groups -OCH3 is 2. The van der Waals surface area contributed by atoms with Gasteiger partial charge >= 0.3 is 6.09 Å². The molecule has 0 aliphatic rings. The largest absolute Gasteiger partial charge is 0.497 e. The molecule has 12 nitrogen and oxygen atoms in total. The topological polar surface area (TPSA) is 146 Å². The Balaban J connectivity index is 1.68. The lowest BCUT2D eigenvalue weighted by molar-refractivity contribution is 0.151. The first kappa shape index (κ1) is 34.1. The van der Waals surface area contributed by atoms with Gasteiger partial charge < -0.3 is 29.7 Å². The number of benzene rings is 3. The fourth-order valence-electron chi connectivity index (χ4n) is 4.31. The molecule has 1 heterocycles. The summed E-state index contributed by atoms with van der Waals surface area (Å²) in [5.74, 6) is -0.172. The molecule has 16 heteroatoms. The molecule has 0 aliphatic carbocycles. The minimum Gasteiger partial charge on any atom is -0.497 e. The molecule has 0 bridgehead atoms. The van der Waals surface area contributed by atoms with Gasteiger partial charge in [-0.2, -0.15) is 5.26 Å². The van der Waals surface area contributed by atoms with Gasteiger partial charge in [0.2, 0.25) is 0 Å². The molecule has 1 aromatic heterocycles. The monoisotopic (exact) mass is 688 g/mol. The normalized spacial score (nSPS) is 10.9. The van der Waals surface area contributed by atoms with Crippen LogP contribution in [0, 0.1) is 17.1 Å². The smallest absolute Gasteiger partial charge is 0.406 e. The molecule has 242 valence electrons. The number of likely N-dealkylation sites (N-methyl/N-ethyl adjacent to an activating group) is 1. The Bertz CT molecular complexity index is 1850. The van der Waals surface area contributed by atoms with Crippen LogP contribution in [0.3, 0.4) is 0 Å². The molecule has 1 amide bonds. The lowest BCUT2D eigenvalue weighted by atomic mass is 10.1. The minimum absolute atomic E-state index is 0.0479. The Kier molecular flexibility index (Phi) is 11.1. The molecule has 46 heavy (non-hydrogen) atoms. The molecular formula is C30H30ClFN6O6S2. The molecule has 4 rings (SSSR count). The van der Waals surface area contributed by atoms with Crippen LogP contribution in [0.25, 0.3) is 0 Å². The van der Waals surface area contributed by atoms with Crippen LogP contribution in [0.1, 0.15) is 11.1 Å². The number of hydrogen-bond donors (Lipinski definition) is 2. The van der Waals surface area contributed by atoms with Crippen LogP contribution in [-0.4, -0.2) is 61.0 Å². The number of sulfonamides is 1. The molecule has 0 unspecified atom stereocenters. The predicted octanol–water partition coefficient (Wildman–Crippen LogP) is 5.76. The van der Waals surface area contributed by atoms with Crippen molar-refractivity contribution in [1.82, 2.24) is 10.3 Å². The number of ether oxygens (including phenoxy) is 3. The Morgan fingerprint density at radius 1 is 1.13 bits per heavy atom. The predicted molar refractivity (Wildman–Crippen MR) is 175 cm³/mol. The number of alkyl carbamates (subject to hydrolysis) is 1. The summed E-state index contributed by atoms with van der Waals surface area (Å²) in [4.78, 5) is 16.7. The standard InChI is InChI=1S/C30H30ClFN6O6S2/c1-34-30(39)44-11-10-37(2)26-13-19(17-33)5-8-24(26)36-25-16-23(32)28(15-22(25)31)46(40,41)38(29-35-9-12-45-29)18-20-6-7-21(42-3)14-27(20)43-4/h5-9,12-16,36H,10-11,18H2,1-4H3,(H,34,39). The van der Waals surface area contributed by atoms with E-state index in [0.717, 1.165) is 27.8 Å². The van der Waals surface area contributed by atoms with Gasteiger partial charge in [-0.15, -0.1) is 11.3 Å². The first-order chi connectivity index (χ1) is 22.0. The minimum atomic E-state index is -4.54. The molecule has 4 aromatic rings. The third-order valence-corrected chi connectivity index (χ3v) is 9.68. The summed E-state index contributed by atoms with van der Waals surface area (Å²) >= 11 is 7.63. The number of rotatable bonds is 13. The van der Waals surface area contributed by atoms with Gasteiger partial charge in [0.25, 0.3) is 10.0 Å². The number of aromatic nitrogens is 1. The molecule has 0 aliphatic heterocycles. The highest BCUT2D eigenvalue weighted by Crippen LogP contribution is 2.37. The van der Waals surface area contributed by atoms with E-state index in [-0.39, 0.29) is 35.5 Å². The zero-order valence-electron chi connectivity index (χ0n) is 25.2. The number of carbonyl (C=O) groups is 1. The number of carbonyl (C=O) groups excluding carboxylic acids is 1. The highest BCUT2D eigenvalue weighted by atomic mass is 35.5. The van der Waals surface area contributed by atoms with E-state index in [9.17, 15) is 18.5 Å². The number of anilines is 4. The fraction of sp³-hybridized carbons (Fsp3) is 0.233. The van der Waals surface area contributed by atoms with Crippen molar-refractivity contribution in [3.8, 4) is 17.6 Å². The van der Waals surface area contributed by atoms with Crippen LogP contribution in [-0.2, 0) is 21.3 Å². The van der Waals surface area contributed by atoms with Crippen molar-refractivity contribution in [3.63, 3.8) is 0 Å². The van der Waals surface area contributed by atoms with Crippen LogP contribution in [0.2, 0.25) is 5.02 Å². The van der Waals surface area contributed by atoms with Crippen molar-refractivity contribution >= 4 is 61.2 Å². The van der Waals surface area contributed by atoms with Gasteiger partial charge in [0.05, 0.1) is 61.0 Å². The zero-order chi connectivity index (χ0) is 33.4. The summed E-state index contributed by atoms with van der Waals surface area (Å²) in [5.41, 5.74) is 1.89. The molecular weight excluding hydrogens is 659 g/mol. The SMILES string of the molecule is CNC(=O)OCCN(C)c1cc(C#N)ccc1Nc1cc(F)c(S(=O)(=O)N(Cc2ccc(OC)cc2OC)c2nccs2)cc1Cl. The molecule has 3 aromatic carbocycles. The highest BCUT2D eigenvalue weighted by molar-refractivity contribution is 7.93. The van der Waals surface area contributed by atoms with Gasteiger partial charge in [0, 0.05) is 43.4 Å². The Morgan fingerprint density at radius 3 is 2.57 bits per heavy atom. The number of nitriles is 1. The second-order valence-corrected chi connectivity index (χ2v) is 12.7. The fourth-order valence-corrected chi connectivity index (χ4v) is 6.93. The Hall–Kier alpha value is -4.78. The number of hydrogen-bond acceptors (Lipinski definition) is 11. The van der Waals surface area contributed by atoms with E-state index in [1.54, 1.807) is 53.7 Å². The Morgan fingerprint density at radius 2 is 1.91 bits per heavy atom.